The highest BCUT2D eigenvalue weighted by Crippen LogP contribution is 2.21. The van der Waals surface area contributed by atoms with Gasteiger partial charge in [-0.1, -0.05) is 6.92 Å². The van der Waals surface area contributed by atoms with Gasteiger partial charge in [0, 0.05) is 29.8 Å². The Morgan fingerprint density at radius 1 is 1.38 bits per heavy atom. The van der Waals surface area contributed by atoms with Crippen LogP contribution in [-0.2, 0) is 18.4 Å². The van der Waals surface area contributed by atoms with Crippen LogP contribution in [0.2, 0.25) is 0 Å². The Kier molecular flexibility index (Phi) is 5.38. The maximum atomic E-state index is 12.8. The predicted octanol–water partition coefficient (Wildman–Crippen LogP) is 2.60. The number of carbonyl (C=O) groups is 1. The second-order valence-corrected chi connectivity index (χ2v) is 5.96. The van der Waals surface area contributed by atoms with Gasteiger partial charge in [-0.15, -0.1) is 11.8 Å². The summed E-state index contributed by atoms with van der Waals surface area (Å²) in [6.45, 7) is 2.31. The van der Waals surface area contributed by atoms with E-state index in [1.807, 2.05) is 26.2 Å². The van der Waals surface area contributed by atoms with E-state index in [-0.39, 0.29) is 17.6 Å². The van der Waals surface area contributed by atoms with Gasteiger partial charge in [-0.3, -0.25) is 9.48 Å². The van der Waals surface area contributed by atoms with Gasteiger partial charge in [0.1, 0.15) is 5.82 Å². The molecule has 0 aliphatic carbocycles. The molecule has 0 aliphatic heterocycles. The Morgan fingerprint density at radius 3 is 2.71 bits per heavy atom. The third-order valence-corrected chi connectivity index (χ3v) is 4.25. The number of hydrogen-bond acceptors (Lipinski definition) is 3. The zero-order chi connectivity index (χ0) is 15.2. The first kappa shape index (κ1) is 15.6. The monoisotopic (exact) mass is 307 g/mol. The molecule has 21 heavy (non-hydrogen) atoms. The number of aryl methyl sites for hydroxylation is 1. The molecule has 4 nitrogen and oxygen atoms in total. The van der Waals surface area contributed by atoms with Crippen LogP contribution in [0.3, 0.4) is 0 Å². The van der Waals surface area contributed by atoms with Crippen molar-refractivity contribution < 1.29 is 9.18 Å². The van der Waals surface area contributed by atoms with E-state index in [4.69, 9.17) is 0 Å². The van der Waals surface area contributed by atoms with Gasteiger partial charge in [-0.25, -0.2) is 4.39 Å². The molecule has 0 radical (unpaired) electrons. The topological polar surface area (TPSA) is 46.9 Å². The summed E-state index contributed by atoms with van der Waals surface area (Å²) in [5, 5.41) is 7.07. The van der Waals surface area contributed by atoms with Crippen molar-refractivity contribution in [2.45, 2.75) is 18.4 Å². The van der Waals surface area contributed by atoms with E-state index in [0.717, 1.165) is 10.6 Å². The quantitative estimate of drug-likeness (QED) is 0.835. The number of nitrogens with zero attached hydrogens (tertiary/aromatic N) is 2. The Bertz CT molecular complexity index is 597. The van der Waals surface area contributed by atoms with Crippen LogP contribution in [0.1, 0.15) is 12.6 Å². The van der Waals surface area contributed by atoms with E-state index in [0.29, 0.717) is 12.3 Å². The fourth-order valence-electron chi connectivity index (χ4n) is 1.74. The third-order valence-electron chi connectivity index (χ3n) is 2.97. The van der Waals surface area contributed by atoms with Crippen LogP contribution in [0.5, 0.6) is 0 Å². The molecule has 1 amide bonds. The lowest BCUT2D eigenvalue weighted by Crippen LogP contribution is -2.30. The second kappa shape index (κ2) is 7.26. The molecule has 2 rings (SSSR count). The van der Waals surface area contributed by atoms with Crippen LogP contribution in [0, 0.1) is 11.7 Å². The first-order chi connectivity index (χ1) is 10.0. The van der Waals surface area contributed by atoms with Crippen molar-refractivity contribution in [2.24, 2.45) is 13.0 Å². The minimum Gasteiger partial charge on any atom is -0.350 e. The molecule has 6 heteroatoms. The fourth-order valence-corrected chi connectivity index (χ4v) is 2.66. The molecule has 2 aromatic rings. The molecule has 0 unspecified atom stereocenters. The molecule has 112 valence electrons. The predicted molar refractivity (Wildman–Crippen MR) is 81.3 cm³/mol. The number of nitrogens with one attached hydrogen (secondary N) is 1. The van der Waals surface area contributed by atoms with Gasteiger partial charge in [-0.05, 0) is 30.3 Å². The zero-order valence-electron chi connectivity index (χ0n) is 12.0. The molecule has 0 saturated carbocycles. The molecular formula is C15H18FN3OS. The van der Waals surface area contributed by atoms with Crippen LogP contribution < -0.4 is 5.32 Å². The number of amides is 1. The summed E-state index contributed by atoms with van der Waals surface area (Å²) in [7, 11) is 1.84. The molecule has 0 aliphatic rings. The molecular weight excluding hydrogens is 289 g/mol. The van der Waals surface area contributed by atoms with Crippen LogP contribution in [0.4, 0.5) is 4.39 Å². The van der Waals surface area contributed by atoms with Gasteiger partial charge in [0.25, 0.3) is 0 Å². The van der Waals surface area contributed by atoms with Crippen molar-refractivity contribution in [2.75, 3.05) is 5.75 Å². The number of hydrogen-bond donors (Lipinski definition) is 1. The molecule has 1 N–H and O–H groups in total. The van der Waals surface area contributed by atoms with Crippen LogP contribution in [-0.4, -0.2) is 21.4 Å². The summed E-state index contributed by atoms with van der Waals surface area (Å²) < 4.78 is 14.5. The van der Waals surface area contributed by atoms with Gasteiger partial charge in [0.2, 0.25) is 5.91 Å². The highest BCUT2D eigenvalue weighted by Gasteiger charge is 2.13. The highest BCUT2D eigenvalue weighted by atomic mass is 32.2. The number of rotatable bonds is 6. The van der Waals surface area contributed by atoms with E-state index in [2.05, 4.69) is 10.4 Å². The van der Waals surface area contributed by atoms with Crippen molar-refractivity contribution >= 4 is 17.7 Å². The summed E-state index contributed by atoms with van der Waals surface area (Å²) in [6, 6.07) is 8.16. The van der Waals surface area contributed by atoms with E-state index in [1.165, 1.54) is 12.1 Å². The van der Waals surface area contributed by atoms with Crippen molar-refractivity contribution in [1.82, 2.24) is 15.1 Å². The maximum Gasteiger partial charge on any atom is 0.223 e. The van der Waals surface area contributed by atoms with Crippen molar-refractivity contribution in [3.63, 3.8) is 0 Å². The first-order valence-electron chi connectivity index (χ1n) is 6.69. The summed E-state index contributed by atoms with van der Waals surface area (Å²) in [5.41, 5.74) is 0.837. The Hall–Kier alpha value is -1.82. The molecule has 1 atom stereocenters. The number of aromatic nitrogens is 2. The number of benzene rings is 1. The average Bonchev–Trinajstić information content (AvgIpc) is 2.89. The Morgan fingerprint density at radius 2 is 2.10 bits per heavy atom. The lowest BCUT2D eigenvalue weighted by Gasteiger charge is -2.11. The number of thioether (sulfide) groups is 1. The second-order valence-electron chi connectivity index (χ2n) is 4.86. The summed E-state index contributed by atoms with van der Waals surface area (Å²) in [6.07, 6.45) is 1.84. The van der Waals surface area contributed by atoms with Crippen LogP contribution in [0.25, 0.3) is 0 Å². The minimum atomic E-state index is -0.250. The van der Waals surface area contributed by atoms with Crippen molar-refractivity contribution in [3.8, 4) is 0 Å². The van der Waals surface area contributed by atoms with Gasteiger partial charge in [-0.2, -0.15) is 5.10 Å². The van der Waals surface area contributed by atoms with Crippen LogP contribution >= 0.6 is 11.8 Å². The smallest absolute Gasteiger partial charge is 0.223 e. The van der Waals surface area contributed by atoms with E-state index >= 15 is 0 Å². The number of halogens is 1. The van der Waals surface area contributed by atoms with E-state index < -0.39 is 0 Å². The van der Waals surface area contributed by atoms with Gasteiger partial charge >= 0.3 is 0 Å². The van der Waals surface area contributed by atoms with Crippen LogP contribution in [0.15, 0.2) is 41.4 Å². The minimum absolute atomic E-state index is 0.00438. The first-order valence-corrected chi connectivity index (χ1v) is 7.68. The van der Waals surface area contributed by atoms with E-state index in [1.54, 1.807) is 28.6 Å². The van der Waals surface area contributed by atoms with Crippen molar-refractivity contribution in [1.29, 1.82) is 0 Å². The summed E-state index contributed by atoms with van der Waals surface area (Å²) in [5.74, 6) is 0.277. The third kappa shape index (κ3) is 4.90. The highest BCUT2D eigenvalue weighted by molar-refractivity contribution is 7.99. The van der Waals surface area contributed by atoms with Gasteiger partial charge in [0.05, 0.1) is 12.2 Å². The molecule has 1 heterocycles. The SMILES string of the molecule is C[C@@H](CSc1ccc(F)cc1)C(=O)NCc1ccn(C)n1. The fraction of sp³-hybridized carbons (Fsp3) is 0.333. The number of carbonyl (C=O) groups excluding carboxylic acids is 1. The lowest BCUT2D eigenvalue weighted by molar-refractivity contribution is -0.124. The molecule has 0 bridgehead atoms. The lowest BCUT2D eigenvalue weighted by atomic mass is 10.2. The Balaban J connectivity index is 1.75. The maximum absolute atomic E-state index is 12.8. The van der Waals surface area contributed by atoms with Gasteiger partial charge < -0.3 is 5.32 Å². The molecule has 0 saturated heterocycles. The zero-order valence-corrected chi connectivity index (χ0v) is 12.9. The molecule has 1 aromatic heterocycles. The van der Waals surface area contributed by atoms with Crippen molar-refractivity contribution in [3.05, 3.63) is 48.0 Å². The normalized spacial score (nSPS) is 12.1. The van der Waals surface area contributed by atoms with Gasteiger partial charge in [0.15, 0.2) is 0 Å². The summed E-state index contributed by atoms with van der Waals surface area (Å²) in [4.78, 5) is 12.9. The largest absolute Gasteiger partial charge is 0.350 e. The molecule has 0 fully saturated rings. The summed E-state index contributed by atoms with van der Waals surface area (Å²) >= 11 is 1.54. The average molecular weight is 307 g/mol. The molecule has 1 aromatic carbocycles. The Labute approximate surface area is 127 Å². The molecule has 0 spiro atoms. The standard InChI is InChI=1S/C15H18FN3OS/c1-11(10-21-14-5-3-12(16)4-6-14)15(20)17-9-13-7-8-19(2)18-13/h3-8,11H,9-10H2,1-2H3,(H,17,20)/t11-/m0/s1. The van der Waals surface area contributed by atoms with E-state index in [9.17, 15) is 9.18 Å².